The Bertz CT molecular complexity index is 2180. The Morgan fingerprint density at radius 1 is 0.672 bits per heavy atom. The van der Waals surface area contributed by atoms with Crippen LogP contribution in [0.1, 0.15) is 138 Å². The summed E-state index contributed by atoms with van der Waals surface area (Å²) in [6, 6.07) is 8.33. The van der Waals surface area contributed by atoms with E-state index in [0.29, 0.717) is 26.1 Å². The van der Waals surface area contributed by atoms with Crippen molar-refractivity contribution < 1.29 is 29.3 Å². The van der Waals surface area contributed by atoms with E-state index < -0.39 is 0 Å². The van der Waals surface area contributed by atoms with Crippen LogP contribution in [0.2, 0.25) is 0 Å². The topological polar surface area (TPSA) is 174 Å². The Morgan fingerprint density at radius 2 is 1.19 bits per heavy atom. The van der Waals surface area contributed by atoms with Gasteiger partial charge in [-0.1, -0.05) is 26.7 Å². The van der Waals surface area contributed by atoms with Crippen molar-refractivity contribution in [3.05, 3.63) is 69.3 Å². The molecule has 6 N–H and O–H groups in total. The molecule has 0 saturated carbocycles. The van der Waals surface area contributed by atoms with Crippen molar-refractivity contribution in [3.8, 4) is 0 Å². The molecule has 0 saturated heterocycles. The van der Waals surface area contributed by atoms with Gasteiger partial charge in [0.25, 0.3) is 0 Å². The number of hydrogen-bond donors (Lipinski definition) is 6. The number of allylic oxidation sites excluding steroid dienone is 3. The highest BCUT2D eigenvalue weighted by Gasteiger charge is 2.25. The molecule has 2 unspecified atom stereocenters. The molecule has 58 heavy (non-hydrogen) atoms. The van der Waals surface area contributed by atoms with Gasteiger partial charge in [-0.25, -0.2) is 9.97 Å². The number of amides is 2. The van der Waals surface area contributed by atoms with Crippen molar-refractivity contribution in [2.45, 2.75) is 119 Å². The van der Waals surface area contributed by atoms with Crippen molar-refractivity contribution in [2.24, 2.45) is 0 Å². The maximum absolute atomic E-state index is 12.8. The first kappa shape index (κ1) is 44.5. The Kier molecular flexibility index (Phi) is 16.0. The van der Waals surface area contributed by atoms with Gasteiger partial charge < -0.3 is 40.3 Å². The van der Waals surface area contributed by atoms with Crippen molar-refractivity contribution in [1.29, 1.82) is 0 Å². The molecule has 2 aliphatic heterocycles. The van der Waals surface area contributed by atoms with Crippen LogP contribution in [0.5, 0.6) is 0 Å². The van der Waals surface area contributed by atoms with Crippen molar-refractivity contribution in [3.63, 3.8) is 0 Å². The second kappa shape index (κ2) is 20.9. The first-order valence-electron chi connectivity index (χ1n) is 21.1. The van der Waals surface area contributed by atoms with Crippen molar-refractivity contribution >= 4 is 56.2 Å². The molecule has 2 aliphatic rings. The largest absolute Gasteiger partial charge is 0.395 e. The van der Waals surface area contributed by atoms with Gasteiger partial charge in [0, 0.05) is 72.3 Å². The molecule has 0 aromatic carbocycles. The quantitative estimate of drug-likeness (QED) is 0.0628. The van der Waals surface area contributed by atoms with Crippen LogP contribution < -0.4 is 10.6 Å². The number of unbranched alkanes of at least 4 members (excludes halogenated alkanes) is 2. The molecule has 314 valence electrons. The molecular formula is C46H64N6O6. The van der Waals surface area contributed by atoms with E-state index in [2.05, 4.69) is 87.3 Å². The van der Waals surface area contributed by atoms with Crippen LogP contribution in [0.15, 0.2) is 24.3 Å². The summed E-state index contributed by atoms with van der Waals surface area (Å²) in [7, 11) is 0. The fourth-order valence-electron chi connectivity index (χ4n) is 7.84. The average molecular weight is 797 g/mol. The Balaban J connectivity index is 1.83. The summed E-state index contributed by atoms with van der Waals surface area (Å²) >= 11 is 0. The molecule has 5 heterocycles. The molecule has 8 bridgehead atoms. The third kappa shape index (κ3) is 10.5. The molecule has 12 heteroatoms. The Hall–Kier alpha value is -4.62. The lowest BCUT2D eigenvalue weighted by Crippen LogP contribution is -2.26. The number of rotatable bonds is 20. The van der Waals surface area contributed by atoms with Crippen LogP contribution in [-0.2, 0) is 25.5 Å². The molecule has 12 nitrogen and oxygen atoms in total. The molecule has 3 aromatic rings. The maximum atomic E-state index is 12.8. The molecule has 2 amide bonds. The highest BCUT2D eigenvalue weighted by Crippen LogP contribution is 2.38. The van der Waals surface area contributed by atoms with Crippen LogP contribution in [0.3, 0.4) is 0 Å². The minimum absolute atomic E-state index is 0.125. The van der Waals surface area contributed by atoms with Gasteiger partial charge in [-0.05, 0) is 125 Å². The number of aryl methyl sites for hydroxylation is 3. The lowest BCUT2D eigenvalue weighted by molar-refractivity contribution is -0.121. The van der Waals surface area contributed by atoms with E-state index in [1.807, 2.05) is 13.0 Å². The monoisotopic (exact) mass is 796 g/mol. The number of aromatic nitrogens is 4. The SMILES string of the molecule is CCCCOC(C)C1=C(C)c2cc3[nH]c(cc4nc(cc5[nH]c(cc1n2)c(C)c5C(C)OCCCC)C(C)=C4CCC(=O)NCCO)c(CCC(=O)NCCO)c3C. The van der Waals surface area contributed by atoms with E-state index in [0.717, 1.165) is 115 Å². The first-order valence-corrected chi connectivity index (χ1v) is 21.1. The summed E-state index contributed by atoms with van der Waals surface area (Å²) in [5.74, 6) is -0.286. The molecular weight excluding hydrogens is 733 g/mol. The molecule has 0 spiro atoms. The van der Waals surface area contributed by atoms with Gasteiger partial charge in [0.1, 0.15) is 0 Å². The van der Waals surface area contributed by atoms with Crippen LogP contribution in [0, 0.1) is 13.8 Å². The predicted molar refractivity (Wildman–Crippen MR) is 233 cm³/mol. The number of aromatic amines is 2. The van der Waals surface area contributed by atoms with Crippen LogP contribution in [0.4, 0.5) is 0 Å². The van der Waals surface area contributed by atoms with Gasteiger partial charge in [0.15, 0.2) is 0 Å². The normalized spacial score (nSPS) is 14.0. The lowest BCUT2D eigenvalue weighted by atomic mass is 9.99. The summed E-state index contributed by atoms with van der Waals surface area (Å²) in [4.78, 5) is 43.5. The van der Waals surface area contributed by atoms with Gasteiger partial charge in [0.05, 0.1) is 48.2 Å². The number of aliphatic hydroxyl groups is 2. The number of carbonyl (C=O) groups is 2. The number of fused-ring (bicyclic) bond motifs is 8. The zero-order valence-electron chi connectivity index (χ0n) is 35.8. The first-order chi connectivity index (χ1) is 27.9. The zero-order chi connectivity index (χ0) is 41.9. The Labute approximate surface area is 343 Å². The van der Waals surface area contributed by atoms with Gasteiger partial charge in [-0.2, -0.15) is 0 Å². The van der Waals surface area contributed by atoms with E-state index in [-0.39, 0.29) is 63.2 Å². The number of aliphatic hydroxyl groups excluding tert-OH is 2. The van der Waals surface area contributed by atoms with Crippen LogP contribution >= 0.6 is 0 Å². The molecule has 0 fully saturated rings. The molecule has 2 atom stereocenters. The Morgan fingerprint density at radius 3 is 1.83 bits per heavy atom. The summed E-state index contributed by atoms with van der Waals surface area (Å²) < 4.78 is 12.8. The fourth-order valence-corrected chi connectivity index (χ4v) is 7.84. The number of carbonyl (C=O) groups excluding carboxylic acids is 2. The van der Waals surface area contributed by atoms with Gasteiger partial charge in [0.2, 0.25) is 11.8 Å². The van der Waals surface area contributed by atoms with Gasteiger partial charge in [-0.3, -0.25) is 9.59 Å². The smallest absolute Gasteiger partial charge is 0.220 e. The fraction of sp³-hybridized carbons (Fsp3) is 0.522. The predicted octanol–water partition coefficient (Wildman–Crippen LogP) is 7.81. The molecule has 0 aliphatic carbocycles. The molecule has 5 rings (SSSR count). The average Bonchev–Trinajstić information content (AvgIpc) is 3.87. The highest BCUT2D eigenvalue weighted by molar-refractivity contribution is 5.96. The number of hydrogen-bond acceptors (Lipinski definition) is 8. The van der Waals surface area contributed by atoms with E-state index in [9.17, 15) is 19.8 Å². The van der Waals surface area contributed by atoms with E-state index in [1.165, 1.54) is 0 Å². The van der Waals surface area contributed by atoms with Crippen LogP contribution in [0.25, 0.3) is 44.4 Å². The standard InChI is InChI=1S/C46H64N6O6/c1-9-11-21-57-31(7)45-29(5)37-23-35-27(3)33(13-15-43(55)47-17-19-53)39(49-35)26-40-34(14-16-44(56)48-18-20-54)28(4)36(50-40)24-41-46(32(8)58-22-12-10-2)30(6)38(52-41)25-42(45)51-37/h23-26,31-32,49,52-54H,9-22H2,1-8H3,(H,47,55)(H,48,56). The number of nitrogens with zero attached hydrogens (tertiary/aromatic N) is 2. The van der Waals surface area contributed by atoms with E-state index in [4.69, 9.17) is 19.4 Å². The minimum atomic E-state index is -0.194. The van der Waals surface area contributed by atoms with Crippen molar-refractivity contribution in [1.82, 2.24) is 30.6 Å². The third-order valence-electron chi connectivity index (χ3n) is 11.3. The third-order valence-corrected chi connectivity index (χ3v) is 11.3. The number of nitrogens with one attached hydrogen (secondary N) is 4. The number of ether oxygens (including phenoxy) is 2. The summed E-state index contributed by atoms with van der Waals surface area (Å²) in [5.41, 5.74) is 14.8. The van der Waals surface area contributed by atoms with Gasteiger partial charge >= 0.3 is 0 Å². The van der Waals surface area contributed by atoms with E-state index in [1.54, 1.807) is 0 Å². The maximum Gasteiger partial charge on any atom is 0.220 e. The highest BCUT2D eigenvalue weighted by atomic mass is 16.5. The summed E-state index contributed by atoms with van der Waals surface area (Å²) in [5, 5.41) is 24.1. The minimum Gasteiger partial charge on any atom is -0.395 e. The summed E-state index contributed by atoms with van der Waals surface area (Å²) in [6.45, 7) is 18.3. The van der Waals surface area contributed by atoms with E-state index >= 15 is 0 Å². The van der Waals surface area contributed by atoms with Crippen molar-refractivity contribution in [2.75, 3.05) is 39.5 Å². The van der Waals surface area contributed by atoms with Crippen LogP contribution in [-0.4, -0.2) is 87.6 Å². The van der Waals surface area contributed by atoms with Gasteiger partial charge in [-0.15, -0.1) is 0 Å². The number of H-pyrrole nitrogens is 2. The molecule has 3 aromatic heterocycles. The second-order valence-corrected chi connectivity index (χ2v) is 15.4. The summed E-state index contributed by atoms with van der Waals surface area (Å²) in [6.07, 6.45) is 5.01. The zero-order valence-corrected chi connectivity index (χ0v) is 35.8. The second-order valence-electron chi connectivity index (χ2n) is 15.4. The lowest BCUT2D eigenvalue weighted by Gasteiger charge is -2.15. The molecule has 0 radical (unpaired) electrons.